The highest BCUT2D eigenvalue weighted by Gasteiger charge is 2.19. The molecular formula is C20H20N4S. The molecule has 4 rings (SSSR count). The molecule has 0 saturated heterocycles. The predicted molar refractivity (Wildman–Crippen MR) is 101 cm³/mol. The van der Waals surface area contributed by atoms with E-state index in [-0.39, 0.29) is 0 Å². The molecule has 4 nitrogen and oxygen atoms in total. The number of benzene rings is 1. The summed E-state index contributed by atoms with van der Waals surface area (Å²) in [5.41, 5.74) is 4.77. The summed E-state index contributed by atoms with van der Waals surface area (Å²) < 4.78 is 0. The molecular weight excluding hydrogens is 328 g/mol. The van der Waals surface area contributed by atoms with Gasteiger partial charge in [0.05, 0.1) is 5.69 Å². The molecule has 0 bridgehead atoms. The summed E-state index contributed by atoms with van der Waals surface area (Å²) in [5, 5.41) is 0. The maximum absolute atomic E-state index is 4.78. The van der Waals surface area contributed by atoms with Crippen molar-refractivity contribution >= 4 is 11.8 Å². The highest BCUT2D eigenvalue weighted by atomic mass is 32.2. The molecule has 0 radical (unpaired) electrons. The number of hydrogen-bond acceptors (Lipinski definition) is 5. The number of fused-ring (bicyclic) bond motifs is 1. The summed E-state index contributed by atoms with van der Waals surface area (Å²) in [6.07, 6.45) is 8.67. The zero-order chi connectivity index (χ0) is 17.1. The molecule has 0 amide bonds. The largest absolute Gasteiger partial charge is 0.294 e. The Balaban J connectivity index is 1.52. The fourth-order valence-corrected chi connectivity index (χ4v) is 3.83. The van der Waals surface area contributed by atoms with Crippen LogP contribution in [0.1, 0.15) is 16.8 Å². The fraction of sp³-hybridized carbons (Fsp3) is 0.250. The Kier molecular flexibility index (Phi) is 4.76. The molecule has 0 aliphatic carbocycles. The standard InChI is InChI=1S/C20H20N4S/c1-25-19-7-3-2-5-16(19)13-24-10-8-18-17(14-24)12-22-20(23-18)15-6-4-9-21-11-15/h2-7,9,11-12H,8,10,13-14H2,1H3. The van der Waals surface area contributed by atoms with Gasteiger partial charge >= 0.3 is 0 Å². The molecule has 0 spiro atoms. The lowest BCUT2D eigenvalue weighted by atomic mass is 10.1. The van der Waals surface area contributed by atoms with Crippen molar-refractivity contribution in [1.29, 1.82) is 0 Å². The van der Waals surface area contributed by atoms with Gasteiger partial charge in [-0.1, -0.05) is 18.2 Å². The number of aromatic nitrogens is 3. The summed E-state index contributed by atoms with van der Waals surface area (Å²) in [7, 11) is 0. The van der Waals surface area contributed by atoms with Crippen LogP contribution in [-0.2, 0) is 19.5 Å². The highest BCUT2D eigenvalue weighted by Crippen LogP contribution is 2.25. The minimum Gasteiger partial charge on any atom is -0.294 e. The third-order valence-electron chi connectivity index (χ3n) is 4.52. The Labute approximate surface area is 152 Å². The summed E-state index contributed by atoms with van der Waals surface area (Å²) in [6.45, 7) is 2.91. The van der Waals surface area contributed by atoms with Crippen LogP contribution in [0.3, 0.4) is 0 Å². The van der Waals surface area contributed by atoms with Crippen molar-refractivity contribution in [2.45, 2.75) is 24.4 Å². The first kappa shape index (κ1) is 16.2. The van der Waals surface area contributed by atoms with Crippen LogP contribution < -0.4 is 0 Å². The quantitative estimate of drug-likeness (QED) is 0.671. The van der Waals surface area contributed by atoms with E-state index in [9.17, 15) is 0 Å². The Bertz CT molecular complexity index is 867. The van der Waals surface area contributed by atoms with Gasteiger partial charge in [0.25, 0.3) is 0 Å². The van der Waals surface area contributed by atoms with Gasteiger partial charge in [-0.05, 0) is 30.0 Å². The third-order valence-corrected chi connectivity index (χ3v) is 5.36. The van der Waals surface area contributed by atoms with E-state index in [0.29, 0.717) is 0 Å². The summed E-state index contributed by atoms with van der Waals surface area (Å²) in [5.74, 6) is 0.771. The fourth-order valence-electron chi connectivity index (χ4n) is 3.22. The highest BCUT2D eigenvalue weighted by molar-refractivity contribution is 7.98. The SMILES string of the molecule is CSc1ccccc1CN1CCc2nc(-c3cccnc3)ncc2C1. The van der Waals surface area contributed by atoms with Gasteiger partial charge in [-0.2, -0.15) is 0 Å². The van der Waals surface area contributed by atoms with E-state index < -0.39 is 0 Å². The first-order valence-corrected chi connectivity index (χ1v) is 9.65. The second kappa shape index (κ2) is 7.33. The van der Waals surface area contributed by atoms with Crippen LogP contribution in [0.2, 0.25) is 0 Å². The molecule has 0 saturated carbocycles. The molecule has 3 heterocycles. The summed E-state index contributed by atoms with van der Waals surface area (Å²) in [6, 6.07) is 12.6. The van der Waals surface area contributed by atoms with Crippen LogP contribution in [0.15, 0.2) is 59.9 Å². The van der Waals surface area contributed by atoms with Gasteiger partial charge in [0, 0.05) is 60.7 Å². The summed E-state index contributed by atoms with van der Waals surface area (Å²) in [4.78, 5) is 17.3. The molecule has 0 atom stereocenters. The van der Waals surface area contributed by atoms with Crippen molar-refractivity contribution in [3.8, 4) is 11.4 Å². The Morgan fingerprint density at radius 3 is 2.88 bits per heavy atom. The van der Waals surface area contributed by atoms with Crippen LogP contribution in [-0.4, -0.2) is 32.7 Å². The number of thioether (sulfide) groups is 1. The topological polar surface area (TPSA) is 41.9 Å². The number of rotatable bonds is 4. The molecule has 126 valence electrons. The lowest BCUT2D eigenvalue weighted by Crippen LogP contribution is -2.31. The average molecular weight is 348 g/mol. The van der Waals surface area contributed by atoms with Crippen LogP contribution in [0.25, 0.3) is 11.4 Å². The van der Waals surface area contributed by atoms with Crippen molar-refractivity contribution in [3.63, 3.8) is 0 Å². The van der Waals surface area contributed by atoms with Gasteiger partial charge in [-0.15, -0.1) is 11.8 Å². The van der Waals surface area contributed by atoms with Crippen LogP contribution >= 0.6 is 11.8 Å². The number of nitrogens with zero attached hydrogens (tertiary/aromatic N) is 4. The van der Waals surface area contributed by atoms with Crippen LogP contribution in [0.4, 0.5) is 0 Å². The first-order valence-electron chi connectivity index (χ1n) is 8.43. The maximum Gasteiger partial charge on any atom is 0.160 e. The lowest BCUT2D eigenvalue weighted by Gasteiger charge is -2.28. The van der Waals surface area contributed by atoms with E-state index in [0.717, 1.165) is 37.4 Å². The average Bonchev–Trinajstić information content (AvgIpc) is 2.68. The minimum absolute atomic E-state index is 0.771. The smallest absolute Gasteiger partial charge is 0.160 e. The lowest BCUT2D eigenvalue weighted by molar-refractivity contribution is 0.241. The molecule has 1 aliphatic rings. The Morgan fingerprint density at radius 2 is 2.04 bits per heavy atom. The predicted octanol–water partition coefficient (Wildman–Crippen LogP) is 3.82. The van der Waals surface area contributed by atoms with Crippen molar-refractivity contribution in [1.82, 2.24) is 19.9 Å². The molecule has 0 N–H and O–H groups in total. The second-order valence-corrected chi connectivity index (χ2v) is 7.03. The van der Waals surface area contributed by atoms with Gasteiger partial charge in [0.2, 0.25) is 0 Å². The van der Waals surface area contributed by atoms with Crippen molar-refractivity contribution in [2.24, 2.45) is 0 Å². The van der Waals surface area contributed by atoms with Crippen molar-refractivity contribution in [2.75, 3.05) is 12.8 Å². The van der Waals surface area contributed by atoms with Crippen molar-refractivity contribution in [3.05, 3.63) is 71.8 Å². The molecule has 3 aromatic rings. The molecule has 2 aromatic heterocycles. The molecule has 1 aliphatic heterocycles. The van der Waals surface area contributed by atoms with E-state index in [2.05, 4.69) is 45.4 Å². The summed E-state index contributed by atoms with van der Waals surface area (Å²) >= 11 is 1.81. The molecule has 0 fully saturated rings. The number of hydrogen-bond donors (Lipinski definition) is 0. The normalized spacial score (nSPS) is 14.3. The third kappa shape index (κ3) is 3.57. The zero-order valence-electron chi connectivity index (χ0n) is 14.2. The molecule has 5 heteroatoms. The Hall–Kier alpha value is -2.24. The van der Waals surface area contributed by atoms with E-state index >= 15 is 0 Å². The van der Waals surface area contributed by atoms with Gasteiger partial charge in [-0.25, -0.2) is 9.97 Å². The number of pyridine rings is 1. The van der Waals surface area contributed by atoms with Crippen LogP contribution in [0.5, 0.6) is 0 Å². The van der Waals surface area contributed by atoms with Crippen molar-refractivity contribution < 1.29 is 0 Å². The monoisotopic (exact) mass is 348 g/mol. The van der Waals surface area contributed by atoms with Gasteiger partial charge in [0.15, 0.2) is 5.82 Å². The first-order chi connectivity index (χ1) is 12.3. The molecule has 25 heavy (non-hydrogen) atoms. The van der Waals surface area contributed by atoms with Crippen LogP contribution in [0, 0.1) is 0 Å². The van der Waals surface area contributed by atoms with E-state index in [1.54, 1.807) is 6.20 Å². The van der Waals surface area contributed by atoms with E-state index in [4.69, 9.17) is 4.98 Å². The van der Waals surface area contributed by atoms with Gasteiger partial charge < -0.3 is 0 Å². The zero-order valence-corrected chi connectivity index (χ0v) is 15.0. The second-order valence-electron chi connectivity index (χ2n) is 6.18. The van der Waals surface area contributed by atoms with Gasteiger partial charge in [-0.3, -0.25) is 9.88 Å². The van der Waals surface area contributed by atoms with E-state index in [1.807, 2.05) is 36.3 Å². The molecule has 1 aromatic carbocycles. The Morgan fingerprint density at radius 1 is 1.12 bits per heavy atom. The minimum atomic E-state index is 0.771. The molecule has 0 unspecified atom stereocenters. The van der Waals surface area contributed by atoms with Gasteiger partial charge in [0.1, 0.15) is 0 Å². The van der Waals surface area contributed by atoms with E-state index in [1.165, 1.54) is 21.7 Å². The maximum atomic E-state index is 4.78.